The summed E-state index contributed by atoms with van der Waals surface area (Å²) in [6.45, 7) is 1.15. The average Bonchev–Trinajstić information content (AvgIpc) is 2.08. The molecule has 5 heteroatoms. The fraction of sp³-hybridized carbons (Fsp3) is 1.00. The summed E-state index contributed by atoms with van der Waals surface area (Å²) in [6.07, 6.45) is -4.20. The van der Waals surface area contributed by atoms with E-state index in [0.717, 1.165) is 0 Å². The molecule has 0 unspecified atom stereocenters. The highest BCUT2D eigenvalue weighted by Crippen LogP contribution is 2.23. The molecule has 72 valence electrons. The van der Waals surface area contributed by atoms with Crippen LogP contribution in [-0.4, -0.2) is 51.6 Å². The van der Waals surface area contributed by atoms with Gasteiger partial charge in [-0.2, -0.15) is 0 Å². The summed E-state index contributed by atoms with van der Waals surface area (Å²) in [5.41, 5.74) is 0. The van der Waals surface area contributed by atoms with Gasteiger partial charge in [0.05, 0.1) is 12.7 Å². The Bertz CT molecular complexity index is 146. The Balaban J connectivity index is 2.63. The van der Waals surface area contributed by atoms with E-state index in [9.17, 15) is 10.2 Å². The van der Waals surface area contributed by atoms with Gasteiger partial charge < -0.3 is 25.2 Å². The van der Waals surface area contributed by atoms with E-state index in [2.05, 4.69) is 0 Å². The van der Waals surface area contributed by atoms with Crippen LogP contribution < -0.4 is 0 Å². The van der Waals surface area contributed by atoms with Crippen LogP contribution in [0, 0.1) is 5.92 Å². The summed E-state index contributed by atoms with van der Waals surface area (Å²) < 4.78 is 4.83. The van der Waals surface area contributed by atoms with Gasteiger partial charge in [0.15, 0.2) is 6.29 Å². The zero-order valence-electron chi connectivity index (χ0n) is 6.79. The third-order valence-corrected chi connectivity index (χ3v) is 2.21. The van der Waals surface area contributed by atoms with Crippen molar-refractivity contribution in [3.8, 4) is 0 Å². The lowest BCUT2D eigenvalue weighted by Crippen LogP contribution is -2.54. The zero-order valence-corrected chi connectivity index (χ0v) is 6.79. The molecule has 0 aromatic heterocycles. The summed E-state index contributed by atoms with van der Waals surface area (Å²) in [5, 5.41) is 36.4. The van der Waals surface area contributed by atoms with Crippen LogP contribution >= 0.6 is 0 Å². The van der Waals surface area contributed by atoms with E-state index >= 15 is 0 Å². The number of ether oxygens (including phenoxy) is 1. The monoisotopic (exact) mass is 178 g/mol. The van der Waals surface area contributed by atoms with Gasteiger partial charge in [-0.05, 0) is 0 Å². The maximum Gasteiger partial charge on any atom is 0.160 e. The summed E-state index contributed by atoms with van der Waals surface area (Å²) in [5.74, 6) is -0.539. The van der Waals surface area contributed by atoms with E-state index in [1.165, 1.54) is 0 Å². The van der Waals surface area contributed by atoms with Crippen LogP contribution in [0.25, 0.3) is 0 Å². The van der Waals surface area contributed by atoms with E-state index in [0.29, 0.717) is 0 Å². The number of aliphatic hydroxyl groups is 4. The van der Waals surface area contributed by atoms with Gasteiger partial charge >= 0.3 is 0 Å². The molecule has 4 N–H and O–H groups in total. The van der Waals surface area contributed by atoms with Gasteiger partial charge in [0.25, 0.3) is 0 Å². The second-order valence-corrected chi connectivity index (χ2v) is 3.09. The molecule has 0 aromatic rings. The predicted molar refractivity (Wildman–Crippen MR) is 39.1 cm³/mol. The molecule has 5 atom stereocenters. The quantitative estimate of drug-likeness (QED) is 0.375. The first-order valence-electron chi connectivity index (χ1n) is 3.88. The molecule has 0 saturated carbocycles. The standard InChI is InChI=1S/C7H14O5/c1-3-5(9)6(10)4(2-8)12-7(3)11/h3-11H,2H2,1H3/t3-,4-,5-,6-,7+/m1/s1. The average molecular weight is 178 g/mol. The molecule has 1 saturated heterocycles. The lowest BCUT2D eigenvalue weighted by Gasteiger charge is -2.38. The van der Waals surface area contributed by atoms with Crippen LogP contribution in [0.15, 0.2) is 0 Å². The Morgan fingerprint density at radius 2 is 1.75 bits per heavy atom. The Labute approximate surface area is 70.2 Å². The van der Waals surface area contributed by atoms with E-state index in [1.54, 1.807) is 6.92 Å². The fourth-order valence-corrected chi connectivity index (χ4v) is 1.23. The highest BCUT2D eigenvalue weighted by atomic mass is 16.6. The SMILES string of the molecule is C[C@@H]1[C@@H](O)[C@H](O)[C@@H](CO)O[C@@H]1O. The zero-order chi connectivity index (χ0) is 9.30. The van der Waals surface area contributed by atoms with Crippen LogP contribution in [0.2, 0.25) is 0 Å². The van der Waals surface area contributed by atoms with Crippen molar-refractivity contribution in [3.05, 3.63) is 0 Å². The van der Waals surface area contributed by atoms with Gasteiger partial charge in [-0.25, -0.2) is 0 Å². The Kier molecular flexibility index (Phi) is 3.03. The second-order valence-electron chi connectivity index (χ2n) is 3.09. The van der Waals surface area contributed by atoms with Gasteiger partial charge in [0.1, 0.15) is 12.2 Å². The molecule has 1 aliphatic rings. The molecular weight excluding hydrogens is 164 g/mol. The summed E-state index contributed by atoms with van der Waals surface area (Å²) in [6, 6.07) is 0. The molecule has 1 heterocycles. The topological polar surface area (TPSA) is 90.2 Å². The van der Waals surface area contributed by atoms with Gasteiger partial charge in [-0.15, -0.1) is 0 Å². The first-order chi connectivity index (χ1) is 5.57. The normalized spacial score (nSPS) is 49.2. The van der Waals surface area contributed by atoms with Gasteiger partial charge in [0, 0.05) is 5.92 Å². The fourth-order valence-electron chi connectivity index (χ4n) is 1.23. The maximum atomic E-state index is 9.32. The van der Waals surface area contributed by atoms with Crippen molar-refractivity contribution in [2.24, 2.45) is 5.92 Å². The number of hydrogen-bond acceptors (Lipinski definition) is 5. The summed E-state index contributed by atoms with van der Waals surface area (Å²) in [4.78, 5) is 0. The van der Waals surface area contributed by atoms with Gasteiger partial charge in [-0.3, -0.25) is 0 Å². The minimum atomic E-state index is -1.13. The first-order valence-corrected chi connectivity index (χ1v) is 3.88. The molecular formula is C7H14O5. The maximum absolute atomic E-state index is 9.32. The van der Waals surface area contributed by atoms with Gasteiger partial charge in [-0.1, -0.05) is 6.92 Å². The van der Waals surface area contributed by atoms with E-state index in [4.69, 9.17) is 14.9 Å². The third kappa shape index (κ3) is 1.60. The molecule has 5 nitrogen and oxygen atoms in total. The van der Waals surface area contributed by atoms with Crippen molar-refractivity contribution in [1.82, 2.24) is 0 Å². The van der Waals surface area contributed by atoms with Crippen LogP contribution in [-0.2, 0) is 4.74 Å². The molecule has 0 radical (unpaired) electrons. The first kappa shape index (κ1) is 9.88. The molecule has 1 aliphatic heterocycles. The lowest BCUT2D eigenvalue weighted by molar-refractivity contribution is -0.266. The molecule has 0 aliphatic carbocycles. The van der Waals surface area contributed by atoms with Crippen LogP contribution in [0.3, 0.4) is 0 Å². The molecule has 0 spiro atoms. The largest absolute Gasteiger partial charge is 0.394 e. The van der Waals surface area contributed by atoms with Crippen molar-refractivity contribution in [2.45, 2.75) is 31.5 Å². The van der Waals surface area contributed by atoms with Crippen molar-refractivity contribution in [3.63, 3.8) is 0 Å². The summed E-state index contributed by atoms with van der Waals surface area (Å²) in [7, 11) is 0. The highest BCUT2D eigenvalue weighted by Gasteiger charge is 2.40. The molecule has 0 amide bonds. The smallest absolute Gasteiger partial charge is 0.160 e. The van der Waals surface area contributed by atoms with Crippen molar-refractivity contribution < 1.29 is 25.2 Å². The molecule has 1 fully saturated rings. The summed E-state index contributed by atoms with van der Waals surface area (Å²) >= 11 is 0. The molecule has 0 bridgehead atoms. The van der Waals surface area contributed by atoms with Crippen molar-refractivity contribution in [1.29, 1.82) is 0 Å². The van der Waals surface area contributed by atoms with Crippen LogP contribution in [0.5, 0.6) is 0 Å². The molecule has 0 aromatic carbocycles. The minimum absolute atomic E-state index is 0.415. The number of aliphatic hydroxyl groups excluding tert-OH is 4. The van der Waals surface area contributed by atoms with Crippen molar-refractivity contribution in [2.75, 3.05) is 6.61 Å². The van der Waals surface area contributed by atoms with E-state index in [-0.39, 0.29) is 0 Å². The van der Waals surface area contributed by atoms with E-state index < -0.39 is 37.1 Å². The lowest BCUT2D eigenvalue weighted by atomic mass is 9.93. The highest BCUT2D eigenvalue weighted by molar-refractivity contribution is 4.86. The minimum Gasteiger partial charge on any atom is -0.394 e. The third-order valence-electron chi connectivity index (χ3n) is 2.21. The Hall–Kier alpha value is -0.200. The Morgan fingerprint density at radius 1 is 1.17 bits per heavy atom. The van der Waals surface area contributed by atoms with Gasteiger partial charge in [0.2, 0.25) is 0 Å². The Morgan fingerprint density at radius 3 is 2.25 bits per heavy atom. The second kappa shape index (κ2) is 3.68. The van der Waals surface area contributed by atoms with Crippen molar-refractivity contribution >= 4 is 0 Å². The predicted octanol–water partition coefficient (Wildman–Crippen LogP) is -1.95. The van der Waals surface area contributed by atoms with Crippen LogP contribution in [0.1, 0.15) is 6.92 Å². The number of rotatable bonds is 1. The van der Waals surface area contributed by atoms with Crippen LogP contribution in [0.4, 0.5) is 0 Å². The molecule has 12 heavy (non-hydrogen) atoms. The number of hydrogen-bond donors (Lipinski definition) is 4. The molecule has 1 rings (SSSR count). The van der Waals surface area contributed by atoms with E-state index in [1.807, 2.05) is 0 Å².